The van der Waals surface area contributed by atoms with Gasteiger partial charge in [0.25, 0.3) is 0 Å². The van der Waals surface area contributed by atoms with E-state index >= 15 is 0 Å². The molecule has 1 aliphatic rings. The molecule has 27 heavy (non-hydrogen) atoms. The van der Waals surface area contributed by atoms with Gasteiger partial charge < -0.3 is 4.90 Å². The minimum absolute atomic E-state index is 0.166. The lowest BCUT2D eigenvalue weighted by Gasteiger charge is -2.33. The summed E-state index contributed by atoms with van der Waals surface area (Å²) in [5.74, 6) is -0.259. The lowest BCUT2D eigenvalue weighted by molar-refractivity contribution is 0.373. The Morgan fingerprint density at radius 2 is 1.78 bits per heavy atom. The van der Waals surface area contributed by atoms with Crippen LogP contribution in [0.25, 0.3) is 16.9 Å². The van der Waals surface area contributed by atoms with Crippen LogP contribution >= 0.6 is 0 Å². The quantitative estimate of drug-likeness (QED) is 0.696. The summed E-state index contributed by atoms with van der Waals surface area (Å²) in [6.07, 6.45) is 4.95. The summed E-state index contributed by atoms with van der Waals surface area (Å²) in [5.41, 5.74) is 2.90. The molecule has 1 fully saturated rings. The normalized spacial score (nSPS) is 16.4. The number of anilines is 1. The first kappa shape index (κ1) is 17.8. The second-order valence-electron chi connectivity index (χ2n) is 6.18. The summed E-state index contributed by atoms with van der Waals surface area (Å²) < 4.78 is 37.1. The Morgan fingerprint density at radius 1 is 1.04 bits per heavy atom. The Morgan fingerprint density at radius 3 is 2.44 bits per heavy atom. The molecule has 1 saturated heterocycles. The molecule has 4 rings (SSSR count). The van der Waals surface area contributed by atoms with E-state index < -0.39 is 17.1 Å². The highest BCUT2D eigenvalue weighted by atomic mass is 32.2. The fourth-order valence-corrected chi connectivity index (χ4v) is 3.58. The number of hydrogen-bond donors (Lipinski definition) is 1. The smallest absolute Gasteiger partial charge is 0.234 e. The molecule has 140 valence electrons. The zero-order valence-electron chi connectivity index (χ0n) is 14.4. The van der Waals surface area contributed by atoms with Crippen molar-refractivity contribution < 1.29 is 13.2 Å². The monoisotopic (exact) mass is 387 g/mol. The molecule has 1 unspecified atom stereocenters. The fourth-order valence-electron chi connectivity index (χ4n) is 3.10. The third-order valence-electron chi connectivity index (χ3n) is 4.56. The highest BCUT2D eigenvalue weighted by Crippen LogP contribution is 2.24. The van der Waals surface area contributed by atoms with Crippen LogP contribution in [0, 0.1) is 5.82 Å². The summed E-state index contributed by atoms with van der Waals surface area (Å²) in [6.45, 7) is 2.49. The van der Waals surface area contributed by atoms with Gasteiger partial charge in [-0.05, 0) is 29.8 Å². The molecule has 3 aromatic rings. The molecule has 0 aliphatic carbocycles. The summed E-state index contributed by atoms with van der Waals surface area (Å²) in [4.78, 5) is 6.20. The molecule has 0 saturated carbocycles. The number of pyridine rings is 1. The lowest BCUT2D eigenvalue weighted by atomic mass is 10.1. The topological polar surface area (TPSA) is 74.5 Å². The highest BCUT2D eigenvalue weighted by Gasteiger charge is 2.20. The van der Waals surface area contributed by atoms with Crippen LogP contribution in [0.4, 0.5) is 10.1 Å². The molecule has 0 amide bonds. The van der Waals surface area contributed by atoms with E-state index in [4.69, 9.17) is 4.55 Å². The van der Waals surface area contributed by atoms with Crippen LogP contribution < -0.4 is 4.90 Å². The van der Waals surface area contributed by atoms with Crippen molar-refractivity contribution in [2.75, 3.05) is 31.1 Å². The fraction of sp³-hybridized carbons (Fsp3) is 0.222. The van der Waals surface area contributed by atoms with E-state index in [0.717, 1.165) is 16.8 Å². The molecular weight excluding hydrogens is 369 g/mol. The maximum atomic E-state index is 13.9. The van der Waals surface area contributed by atoms with Crippen molar-refractivity contribution in [2.24, 2.45) is 0 Å². The molecule has 2 aromatic heterocycles. The van der Waals surface area contributed by atoms with Gasteiger partial charge in [0.1, 0.15) is 0 Å². The average Bonchev–Trinajstić information content (AvgIpc) is 3.18. The number of nitrogens with zero attached hydrogens (tertiary/aromatic N) is 5. The number of aromatic nitrogens is 3. The first-order valence-corrected chi connectivity index (χ1v) is 9.55. The zero-order chi connectivity index (χ0) is 18.8. The molecular formula is C18H18FN5O2S. The van der Waals surface area contributed by atoms with Crippen LogP contribution in [0.5, 0.6) is 0 Å². The predicted molar refractivity (Wildman–Crippen MR) is 101 cm³/mol. The number of hydrogen-bond acceptors (Lipinski definition) is 4. The molecule has 1 atom stereocenters. The van der Waals surface area contributed by atoms with Crippen molar-refractivity contribution in [3.63, 3.8) is 0 Å². The Hall–Kier alpha value is -2.62. The third kappa shape index (κ3) is 3.75. The number of piperazine rings is 1. The number of rotatable bonds is 4. The highest BCUT2D eigenvalue weighted by molar-refractivity contribution is 7.76. The van der Waals surface area contributed by atoms with E-state index in [1.807, 2.05) is 24.3 Å². The van der Waals surface area contributed by atoms with E-state index in [1.165, 1.54) is 21.3 Å². The lowest BCUT2D eigenvalue weighted by Crippen LogP contribution is -2.46. The van der Waals surface area contributed by atoms with E-state index in [0.29, 0.717) is 26.2 Å². The zero-order valence-corrected chi connectivity index (χ0v) is 15.2. The molecule has 7 nitrogen and oxygen atoms in total. The van der Waals surface area contributed by atoms with E-state index in [-0.39, 0.29) is 5.82 Å². The predicted octanol–water partition coefficient (Wildman–Crippen LogP) is 2.33. The number of halogens is 1. The van der Waals surface area contributed by atoms with Crippen LogP contribution in [0.15, 0.2) is 55.0 Å². The van der Waals surface area contributed by atoms with Crippen molar-refractivity contribution in [1.82, 2.24) is 19.1 Å². The van der Waals surface area contributed by atoms with Crippen molar-refractivity contribution in [3.8, 4) is 16.9 Å². The average molecular weight is 387 g/mol. The van der Waals surface area contributed by atoms with Gasteiger partial charge in [0, 0.05) is 49.8 Å². The molecule has 0 radical (unpaired) electrons. The second kappa shape index (κ2) is 7.55. The molecule has 1 aromatic carbocycles. The summed E-state index contributed by atoms with van der Waals surface area (Å²) in [5, 5.41) is 4.21. The van der Waals surface area contributed by atoms with Gasteiger partial charge in [-0.3, -0.25) is 4.55 Å². The number of benzene rings is 1. The summed E-state index contributed by atoms with van der Waals surface area (Å²) in [7, 11) is 0. The van der Waals surface area contributed by atoms with Crippen LogP contribution in [0.3, 0.4) is 0 Å². The molecule has 3 heterocycles. The van der Waals surface area contributed by atoms with Crippen molar-refractivity contribution in [1.29, 1.82) is 0 Å². The standard InChI is InChI=1S/C18H18FN5O2S/c19-17-2-1-7-20-18(17)24-13-15(12-21-24)14-3-5-16(6-4-14)22-8-10-23(11-9-22)27(25)26/h1-7,12-13H,8-11H2,(H,25,26). The molecule has 0 spiro atoms. The van der Waals surface area contributed by atoms with Gasteiger partial charge >= 0.3 is 0 Å². The van der Waals surface area contributed by atoms with Crippen molar-refractivity contribution in [2.45, 2.75) is 0 Å². The first-order chi connectivity index (χ1) is 13.1. The van der Waals surface area contributed by atoms with Crippen LogP contribution in [-0.4, -0.2) is 54.0 Å². The first-order valence-electron chi connectivity index (χ1n) is 8.49. The SMILES string of the molecule is O=S(O)N1CCN(c2ccc(-c3cnn(-c4ncccc4F)c3)cc2)CC1. The molecule has 0 bridgehead atoms. The van der Waals surface area contributed by atoms with Crippen LogP contribution in [0.2, 0.25) is 0 Å². The maximum absolute atomic E-state index is 13.9. The summed E-state index contributed by atoms with van der Waals surface area (Å²) >= 11 is -1.90. The van der Waals surface area contributed by atoms with Gasteiger partial charge in [-0.1, -0.05) is 12.1 Å². The van der Waals surface area contributed by atoms with Gasteiger partial charge in [-0.2, -0.15) is 9.40 Å². The van der Waals surface area contributed by atoms with E-state index in [1.54, 1.807) is 18.5 Å². The largest absolute Gasteiger partial charge is 0.369 e. The summed E-state index contributed by atoms with van der Waals surface area (Å²) in [6, 6.07) is 10.9. The van der Waals surface area contributed by atoms with Gasteiger partial charge in [-0.15, -0.1) is 0 Å². The van der Waals surface area contributed by atoms with Gasteiger partial charge in [0.2, 0.25) is 11.3 Å². The van der Waals surface area contributed by atoms with Gasteiger partial charge in [-0.25, -0.2) is 18.3 Å². The maximum Gasteiger partial charge on any atom is 0.234 e. The van der Waals surface area contributed by atoms with Crippen LogP contribution in [-0.2, 0) is 11.3 Å². The van der Waals surface area contributed by atoms with Crippen molar-refractivity contribution >= 4 is 17.0 Å². The molecule has 1 aliphatic heterocycles. The minimum atomic E-state index is -1.90. The van der Waals surface area contributed by atoms with Gasteiger partial charge in [0.15, 0.2) is 11.6 Å². The molecule has 9 heteroatoms. The Labute approximate surface area is 158 Å². The van der Waals surface area contributed by atoms with Crippen LogP contribution in [0.1, 0.15) is 0 Å². The third-order valence-corrected chi connectivity index (χ3v) is 5.37. The minimum Gasteiger partial charge on any atom is -0.369 e. The van der Waals surface area contributed by atoms with Crippen molar-refractivity contribution in [3.05, 3.63) is 60.8 Å². The van der Waals surface area contributed by atoms with Gasteiger partial charge in [0.05, 0.1) is 6.20 Å². The Balaban J connectivity index is 1.49. The van der Waals surface area contributed by atoms with E-state index in [2.05, 4.69) is 15.0 Å². The molecule has 1 N–H and O–H groups in total. The van der Waals surface area contributed by atoms with E-state index in [9.17, 15) is 8.60 Å². The second-order valence-corrected chi connectivity index (χ2v) is 7.15. The Bertz CT molecular complexity index is 954. The Kier molecular flexibility index (Phi) is 4.97.